The molecule has 0 spiro atoms. The van der Waals surface area contributed by atoms with Gasteiger partial charge in [0.2, 0.25) is 0 Å². The van der Waals surface area contributed by atoms with Crippen molar-refractivity contribution in [1.29, 1.82) is 0 Å². The van der Waals surface area contributed by atoms with E-state index in [2.05, 4.69) is 89.3 Å². The van der Waals surface area contributed by atoms with Crippen molar-refractivity contribution >= 4 is 21.5 Å². The van der Waals surface area contributed by atoms with Gasteiger partial charge < -0.3 is 0 Å². The first-order chi connectivity index (χ1) is 13.7. The Morgan fingerprint density at radius 2 is 1.46 bits per heavy atom. The molecule has 0 aliphatic rings. The lowest BCUT2D eigenvalue weighted by Gasteiger charge is -2.12. The molecule has 0 saturated carbocycles. The third-order valence-corrected chi connectivity index (χ3v) is 5.48. The molecule has 1 aromatic heterocycles. The number of nitrogens with zero attached hydrogens (tertiary/aromatic N) is 2. The average Bonchev–Trinajstić information content (AvgIpc) is 2.74. The van der Waals surface area contributed by atoms with Crippen LogP contribution in [0.2, 0.25) is 0 Å². The maximum absolute atomic E-state index is 4.62. The first-order valence-electron chi connectivity index (χ1n) is 9.55. The van der Waals surface area contributed by atoms with Crippen molar-refractivity contribution in [2.24, 2.45) is 7.05 Å². The predicted molar refractivity (Wildman–Crippen MR) is 116 cm³/mol. The number of aromatic nitrogens is 2. The number of rotatable bonds is 2. The molecule has 2 nitrogen and oxygen atoms in total. The molecule has 5 rings (SSSR count). The van der Waals surface area contributed by atoms with E-state index in [-0.39, 0.29) is 0 Å². The van der Waals surface area contributed by atoms with Crippen molar-refractivity contribution in [1.82, 2.24) is 4.98 Å². The van der Waals surface area contributed by atoms with E-state index in [1.165, 1.54) is 38.2 Å². The molecule has 134 valence electrons. The van der Waals surface area contributed by atoms with Crippen LogP contribution in [0.5, 0.6) is 0 Å². The Hall–Kier alpha value is -3.52. The summed E-state index contributed by atoms with van der Waals surface area (Å²) in [7, 11) is 2.04. The van der Waals surface area contributed by atoms with Gasteiger partial charge in [-0.05, 0) is 62.3 Å². The second-order valence-corrected chi connectivity index (χ2v) is 7.27. The molecule has 0 aliphatic carbocycles. The van der Waals surface area contributed by atoms with Crippen molar-refractivity contribution in [2.45, 2.75) is 6.92 Å². The SMILES string of the molecule is Cc1ccc(-c2cc3ccccc3c3ccccc23)cc1-c1nccc[n+]1C. The lowest BCUT2D eigenvalue weighted by molar-refractivity contribution is -0.663. The summed E-state index contributed by atoms with van der Waals surface area (Å²) >= 11 is 0. The van der Waals surface area contributed by atoms with Crippen LogP contribution >= 0.6 is 0 Å². The van der Waals surface area contributed by atoms with Crippen molar-refractivity contribution < 1.29 is 4.57 Å². The molecule has 0 atom stereocenters. The minimum atomic E-state index is 0.979. The standard InChI is InChI=1S/C26H21N2/c1-18-12-13-20(16-24(18)26-27-14-7-15-28(26)2)25-17-19-8-3-4-9-21(19)22-10-5-6-11-23(22)25/h3-17H,1-2H3/q+1. The monoisotopic (exact) mass is 361 g/mol. The van der Waals surface area contributed by atoms with Gasteiger partial charge in [0.25, 0.3) is 0 Å². The fourth-order valence-electron chi connectivity index (χ4n) is 4.03. The average molecular weight is 361 g/mol. The van der Waals surface area contributed by atoms with Crippen LogP contribution in [-0.2, 0) is 7.05 Å². The fourth-order valence-corrected chi connectivity index (χ4v) is 4.03. The number of benzene rings is 4. The highest BCUT2D eigenvalue weighted by molar-refractivity contribution is 6.13. The van der Waals surface area contributed by atoms with E-state index in [0.717, 1.165) is 11.4 Å². The smallest absolute Gasteiger partial charge is 0.233 e. The van der Waals surface area contributed by atoms with Crippen LogP contribution in [0.1, 0.15) is 5.56 Å². The molecule has 0 bridgehead atoms. The largest absolute Gasteiger partial charge is 0.330 e. The zero-order chi connectivity index (χ0) is 19.1. The van der Waals surface area contributed by atoms with Crippen LogP contribution in [0.15, 0.2) is 91.3 Å². The maximum atomic E-state index is 4.62. The Kier molecular flexibility index (Phi) is 3.91. The third-order valence-electron chi connectivity index (χ3n) is 5.48. The van der Waals surface area contributed by atoms with E-state index in [0.29, 0.717) is 0 Å². The van der Waals surface area contributed by atoms with Crippen LogP contribution in [0, 0.1) is 6.92 Å². The van der Waals surface area contributed by atoms with Crippen LogP contribution in [-0.4, -0.2) is 4.98 Å². The van der Waals surface area contributed by atoms with Crippen LogP contribution in [0.4, 0.5) is 0 Å². The zero-order valence-electron chi connectivity index (χ0n) is 16.1. The van der Waals surface area contributed by atoms with Gasteiger partial charge in [0, 0.05) is 6.07 Å². The van der Waals surface area contributed by atoms with Gasteiger partial charge in [0.1, 0.15) is 6.20 Å². The summed E-state index contributed by atoms with van der Waals surface area (Å²) in [6, 6.07) is 28.2. The molecule has 1 heterocycles. The van der Waals surface area contributed by atoms with Gasteiger partial charge in [-0.15, -0.1) is 0 Å². The summed E-state index contributed by atoms with van der Waals surface area (Å²) in [4.78, 5) is 4.62. The Labute approximate surface area is 164 Å². The topological polar surface area (TPSA) is 16.8 Å². The van der Waals surface area contributed by atoms with Crippen molar-refractivity contribution in [2.75, 3.05) is 0 Å². The van der Waals surface area contributed by atoms with Gasteiger partial charge >= 0.3 is 5.82 Å². The molecule has 5 aromatic rings. The summed E-state index contributed by atoms with van der Waals surface area (Å²) in [5.41, 5.74) is 4.86. The molecule has 0 fully saturated rings. The van der Waals surface area contributed by atoms with E-state index >= 15 is 0 Å². The number of fused-ring (bicyclic) bond motifs is 3. The van der Waals surface area contributed by atoms with E-state index in [4.69, 9.17) is 0 Å². The van der Waals surface area contributed by atoms with E-state index < -0.39 is 0 Å². The molecule has 0 saturated heterocycles. The maximum Gasteiger partial charge on any atom is 0.330 e. The number of hydrogen-bond acceptors (Lipinski definition) is 1. The van der Waals surface area contributed by atoms with Gasteiger partial charge in [-0.2, -0.15) is 0 Å². The fraction of sp³-hybridized carbons (Fsp3) is 0.0769. The highest BCUT2D eigenvalue weighted by atomic mass is 15.0. The van der Waals surface area contributed by atoms with Crippen molar-refractivity contribution in [3.63, 3.8) is 0 Å². The zero-order valence-corrected chi connectivity index (χ0v) is 16.1. The first kappa shape index (κ1) is 16.6. The quantitative estimate of drug-likeness (QED) is 0.284. The summed E-state index contributed by atoms with van der Waals surface area (Å²) < 4.78 is 2.07. The molecule has 0 amide bonds. The second kappa shape index (κ2) is 6.58. The Morgan fingerprint density at radius 3 is 2.29 bits per heavy atom. The minimum absolute atomic E-state index is 0.979. The number of hydrogen-bond donors (Lipinski definition) is 0. The summed E-state index contributed by atoms with van der Waals surface area (Å²) in [5, 5.41) is 5.13. The molecular weight excluding hydrogens is 340 g/mol. The van der Waals surface area contributed by atoms with Crippen LogP contribution in [0.3, 0.4) is 0 Å². The lowest BCUT2D eigenvalue weighted by atomic mass is 9.91. The molecule has 0 unspecified atom stereocenters. The molecule has 0 radical (unpaired) electrons. The Balaban J connectivity index is 1.81. The van der Waals surface area contributed by atoms with Crippen molar-refractivity contribution in [3.05, 3.63) is 96.8 Å². The second-order valence-electron chi connectivity index (χ2n) is 7.27. The molecule has 28 heavy (non-hydrogen) atoms. The first-order valence-corrected chi connectivity index (χ1v) is 9.55. The van der Waals surface area contributed by atoms with Gasteiger partial charge in [0.05, 0.1) is 18.8 Å². The highest BCUT2D eigenvalue weighted by Gasteiger charge is 2.16. The molecule has 2 heteroatoms. The molecule has 4 aromatic carbocycles. The van der Waals surface area contributed by atoms with Gasteiger partial charge in [-0.25, -0.2) is 4.57 Å². The summed E-state index contributed by atoms with van der Waals surface area (Å²) in [6.45, 7) is 2.15. The Morgan fingerprint density at radius 1 is 0.714 bits per heavy atom. The Bertz CT molecular complexity index is 1340. The normalized spacial score (nSPS) is 11.2. The lowest BCUT2D eigenvalue weighted by Crippen LogP contribution is -2.31. The molecular formula is C26H21N2+. The third kappa shape index (κ3) is 2.66. The number of aryl methyl sites for hydroxylation is 2. The predicted octanol–water partition coefficient (Wildman–Crippen LogP) is 5.85. The van der Waals surface area contributed by atoms with Crippen LogP contribution in [0.25, 0.3) is 44.1 Å². The summed E-state index contributed by atoms with van der Waals surface area (Å²) in [5.74, 6) is 0.979. The summed E-state index contributed by atoms with van der Waals surface area (Å²) in [6.07, 6.45) is 3.90. The van der Waals surface area contributed by atoms with Crippen LogP contribution < -0.4 is 4.57 Å². The van der Waals surface area contributed by atoms with E-state index in [9.17, 15) is 0 Å². The van der Waals surface area contributed by atoms with Gasteiger partial charge in [-0.1, -0.05) is 60.7 Å². The van der Waals surface area contributed by atoms with Gasteiger partial charge in [-0.3, -0.25) is 0 Å². The van der Waals surface area contributed by atoms with E-state index in [1.807, 2.05) is 25.5 Å². The molecule has 0 N–H and O–H groups in total. The van der Waals surface area contributed by atoms with Gasteiger partial charge in [0.15, 0.2) is 0 Å². The highest BCUT2D eigenvalue weighted by Crippen LogP contribution is 2.36. The van der Waals surface area contributed by atoms with E-state index in [1.54, 1.807) is 0 Å². The molecule has 0 aliphatic heterocycles. The van der Waals surface area contributed by atoms with Crippen molar-refractivity contribution in [3.8, 4) is 22.5 Å². The minimum Gasteiger partial charge on any atom is -0.233 e.